The number of rotatable bonds is 1. The molecule has 0 bridgehead atoms. The van der Waals surface area contributed by atoms with Crippen LogP contribution < -0.4 is 21.0 Å². The third kappa shape index (κ3) is 3.46. The number of benzene rings is 4. The van der Waals surface area contributed by atoms with Gasteiger partial charge in [0.1, 0.15) is 16.8 Å². The van der Waals surface area contributed by atoms with Crippen LogP contribution in [0.4, 0.5) is 11.4 Å². The molecular weight excluding hydrogens is 602 g/mol. The zero-order chi connectivity index (χ0) is 32.3. The fraction of sp³-hybridized carbons (Fsp3) is 0.178. The van der Waals surface area contributed by atoms with Crippen molar-refractivity contribution in [3.8, 4) is 11.1 Å². The van der Waals surface area contributed by atoms with Gasteiger partial charge in [-0.1, -0.05) is 109 Å². The van der Waals surface area contributed by atoms with Crippen molar-refractivity contribution in [2.75, 3.05) is 11.5 Å². The lowest BCUT2D eigenvalue weighted by Crippen LogP contribution is -2.56. The molecule has 2 aliphatic heterocycles. The van der Waals surface area contributed by atoms with Gasteiger partial charge in [-0.2, -0.15) is 0 Å². The minimum atomic E-state index is -0.492. The van der Waals surface area contributed by atoms with Gasteiger partial charge in [0, 0.05) is 23.4 Å². The Labute approximate surface area is 284 Å². The fourth-order valence-corrected chi connectivity index (χ4v) is 10.1. The highest BCUT2D eigenvalue weighted by molar-refractivity contribution is 5.96. The Balaban J connectivity index is 1.28. The van der Waals surface area contributed by atoms with Crippen molar-refractivity contribution >= 4 is 34.5 Å². The van der Waals surface area contributed by atoms with Crippen molar-refractivity contribution in [3.05, 3.63) is 176 Å². The standard InChI is InChI=1S/C45H33NO3/c47-44-31-16-5-10-22-38(31)49-40-23-11-21-36(42(40)44)46-35-20-9-8-19-34(35)45(32-17-6-3-14-29(32)30-15-4-7-18-33(30)45)43-37(46)24-25-39-41(43)28-13-2-1-12-27(28)26-48-39/h1-4,6-9,11-25,27-28,37,43H,5,10,26H2. The molecule has 4 aliphatic carbocycles. The van der Waals surface area contributed by atoms with Crippen LogP contribution in [-0.2, 0) is 10.2 Å². The van der Waals surface area contributed by atoms with Gasteiger partial charge in [-0.25, -0.2) is 0 Å². The number of hydrogen-bond acceptors (Lipinski definition) is 4. The quantitative estimate of drug-likeness (QED) is 0.189. The molecule has 6 aliphatic rings. The van der Waals surface area contributed by atoms with Gasteiger partial charge >= 0.3 is 0 Å². The van der Waals surface area contributed by atoms with E-state index in [0.29, 0.717) is 28.2 Å². The summed E-state index contributed by atoms with van der Waals surface area (Å²) in [7, 11) is 0. The average Bonchev–Trinajstić information content (AvgIpc) is 3.45. The first-order chi connectivity index (χ1) is 24.2. The Morgan fingerprint density at radius 1 is 0.714 bits per heavy atom. The molecule has 0 saturated carbocycles. The minimum absolute atomic E-state index is 0.0315. The molecule has 0 amide bonds. The van der Waals surface area contributed by atoms with Gasteiger partial charge < -0.3 is 14.1 Å². The Hall–Kier alpha value is -5.61. The van der Waals surface area contributed by atoms with Crippen molar-refractivity contribution in [2.45, 2.75) is 24.3 Å². The molecular formula is C45H33NO3. The Kier molecular flexibility index (Phi) is 5.56. The lowest BCUT2D eigenvalue weighted by molar-refractivity contribution is 0.132. The molecule has 4 heteroatoms. The molecule has 4 atom stereocenters. The van der Waals surface area contributed by atoms with Crippen LogP contribution in [0.2, 0.25) is 0 Å². The molecule has 0 N–H and O–H groups in total. The first kappa shape index (κ1) is 27.4. The van der Waals surface area contributed by atoms with Crippen molar-refractivity contribution in [2.24, 2.45) is 17.8 Å². The van der Waals surface area contributed by atoms with Crippen LogP contribution in [0.25, 0.3) is 34.2 Å². The molecule has 236 valence electrons. The summed E-state index contributed by atoms with van der Waals surface area (Å²) in [5.74, 6) is 1.41. The van der Waals surface area contributed by atoms with Crippen LogP contribution in [0.3, 0.4) is 0 Å². The summed E-state index contributed by atoms with van der Waals surface area (Å²) in [5, 5.41) is 1.31. The minimum Gasteiger partial charge on any atom is -0.493 e. The Bertz CT molecular complexity index is 2540. The van der Waals surface area contributed by atoms with E-state index in [-0.39, 0.29) is 29.2 Å². The largest absolute Gasteiger partial charge is 0.493 e. The molecule has 5 aromatic rings. The molecule has 1 spiro atoms. The van der Waals surface area contributed by atoms with Crippen LogP contribution in [0.15, 0.2) is 148 Å². The summed E-state index contributed by atoms with van der Waals surface area (Å²) in [4.78, 5) is 16.9. The first-order valence-electron chi connectivity index (χ1n) is 17.5. The van der Waals surface area contributed by atoms with E-state index in [1.807, 2.05) is 18.2 Å². The highest BCUT2D eigenvalue weighted by atomic mass is 16.5. The molecule has 0 saturated heterocycles. The fourth-order valence-electron chi connectivity index (χ4n) is 10.1. The van der Waals surface area contributed by atoms with E-state index in [1.165, 1.54) is 33.4 Å². The van der Waals surface area contributed by atoms with Gasteiger partial charge in [0.25, 0.3) is 0 Å². The molecule has 4 unspecified atom stereocenters. The van der Waals surface area contributed by atoms with Crippen LogP contribution in [0, 0.1) is 17.8 Å². The monoisotopic (exact) mass is 635 g/mol. The van der Waals surface area contributed by atoms with Crippen LogP contribution in [0.5, 0.6) is 0 Å². The summed E-state index contributed by atoms with van der Waals surface area (Å²) >= 11 is 0. The van der Waals surface area contributed by atoms with Gasteiger partial charge in [-0.3, -0.25) is 4.79 Å². The maximum atomic E-state index is 14.5. The molecule has 1 aromatic heterocycles. The van der Waals surface area contributed by atoms with Gasteiger partial charge in [0.15, 0.2) is 0 Å². The summed E-state index contributed by atoms with van der Waals surface area (Å²) in [6, 6.07) is 32.8. The normalized spacial score (nSPS) is 24.4. The average molecular weight is 636 g/mol. The second kappa shape index (κ2) is 9.96. The van der Waals surface area contributed by atoms with Gasteiger partial charge in [-0.15, -0.1) is 0 Å². The Morgan fingerprint density at radius 3 is 2.27 bits per heavy atom. The smallest absolute Gasteiger partial charge is 0.202 e. The molecule has 49 heavy (non-hydrogen) atoms. The zero-order valence-electron chi connectivity index (χ0n) is 26.9. The van der Waals surface area contributed by atoms with Gasteiger partial charge in [-0.05, 0) is 76.6 Å². The number of hydrogen-bond donors (Lipinski definition) is 0. The van der Waals surface area contributed by atoms with E-state index in [1.54, 1.807) is 0 Å². The number of fused-ring (bicyclic) bond motifs is 14. The number of anilines is 2. The third-order valence-electron chi connectivity index (χ3n) is 11.9. The SMILES string of the molecule is O=c1c2c(oc3cccc(N4c5ccccc5C5(c6ccccc6-c6ccccc65)C5C6=C(C=CC54)OCC4C=CC=CC64)c13)=CCCC=2. The second-order valence-electron chi connectivity index (χ2n) is 14.0. The number of nitrogens with zero attached hydrogens (tertiary/aromatic N) is 1. The first-order valence-corrected chi connectivity index (χ1v) is 17.5. The van der Waals surface area contributed by atoms with Crippen molar-refractivity contribution in [1.29, 1.82) is 0 Å². The van der Waals surface area contributed by atoms with E-state index in [4.69, 9.17) is 9.15 Å². The predicted octanol–water partition coefficient (Wildman–Crippen LogP) is 7.81. The molecule has 4 aromatic carbocycles. The molecule has 3 heterocycles. The maximum absolute atomic E-state index is 14.5. The topological polar surface area (TPSA) is 42.7 Å². The zero-order valence-corrected chi connectivity index (χ0v) is 26.9. The highest BCUT2D eigenvalue weighted by Crippen LogP contribution is 2.66. The van der Waals surface area contributed by atoms with E-state index in [2.05, 4.69) is 126 Å². The van der Waals surface area contributed by atoms with Crippen LogP contribution in [-0.4, -0.2) is 12.6 Å². The molecule has 11 rings (SSSR count). The van der Waals surface area contributed by atoms with Gasteiger partial charge in [0.05, 0.1) is 34.4 Å². The molecule has 0 radical (unpaired) electrons. The molecule has 4 nitrogen and oxygen atoms in total. The maximum Gasteiger partial charge on any atom is 0.202 e. The number of para-hydroxylation sites is 1. The lowest BCUT2D eigenvalue weighted by atomic mass is 9.53. The summed E-state index contributed by atoms with van der Waals surface area (Å²) < 4.78 is 13.2. The summed E-state index contributed by atoms with van der Waals surface area (Å²) in [5.41, 5.74) is 10.7. The summed E-state index contributed by atoms with van der Waals surface area (Å²) in [6.07, 6.45) is 19.4. The van der Waals surface area contributed by atoms with Gasteiger partial charge in [0.2, 0.25) is 5.43 Å². The lowest BCUT2D eigenvalue weighted by Gasteiger charge is -2.56. The van der Waals surface area contributed by atoms with Crippen molar-refractivity contribution in [1.82, 2.24) is 0 Å². The predicted molar refractivity (Wildman–Crippen MR) is 195 cm³/mol. The number of allylic oxidation sites excluding steroid dienone is 4. The highest BCUT2D eigenvalue weighted by Gasteiger charge is 2.61. The van der Waals surface area contributed by atoms with E-state index >= 15 is 0 Å². The van der Waals surface area contributed by atoms with Crippen molar-refractivity contribution in [3.63, 3.8) is 0 Å². The van der Waals surface area contributed by atoms with Crippen molar-refractivity contribution < 1.29 is 9.15 Å². The molecule has 0 fully saturated rings. The second-order valence-corrected chi connectivity index (χ2v) is 14.0. The van der Waals surface area contributed by atoms with E-state index < -0.39 is 5.41 Å². The van der Waals surface area contributed by atoms with Crippen LogP contribution in [0.1, 0.15) is 29.5 Å². The number of ether oxygens (including phenoxy) is 1. The third-order valence-corrected chi connectivity index (χ3v) is 11.9. The summed E-state index contributed by atoms with van der Waals surface area (Å²) in [6.45, 7) is 0.662. The van der Waals surface area contributed by atoms with E-state index in [9.17, 15) is 4.79 Å². The Morgan fingerprint density at radius 2 is 1.43 bits per heavy atom. The van der Waals surface area contributed by atoms with E-state index in [0.717, 1.165) is 30.0 Å². The van der Waals surface area contributed by atoms with Crippen LogP contribution >= 0.6 is 0 Å².